The van der Waals surface area contributed by atoms with Gasteiger partial charge in [0.25, 0.3) is 0 Å². The number of aryl methyl sites for hydroxylation is 1. The molecule has 4 rings (SSSR count). The summed E-state index contributed by atoms with van der Waals surface area (Å²) in [5.74, 6) is 1.78. The van der Waals surface area contributed by atoms with E-state index >= 15 is 0 Å². The van der Waals surface area contributed by atoms with Gasteiger partial charge in [-0.3, -0.25) is 0 Å². The van der Waals surface area contributed by atoms with Gasteiger partial charge in [0.2, 0.25) is 11.4 Å². The maximum absolute atomic E-state index is 5.97. The summed E-state index contributed by atoms with van der Waals surface area (Å²) in [6, 6.07) is 18.8. The second-order valence-corrected chi connectivity index (χ2v) is 6.64. The van der Waals surface area contributed by atoms with Gasteiger partial charge in [-0.15, -0.1) is 0 Å². The molecule has 3 nitrogen and oxygen atoms in total. The summed E-state index contributed by atoms with van der Waals surface area (Å²) >= 11 is 0. The Morgan fingerprint density at radius 3 is 2.61 bits per heavy atom. The third-order valence-electron chi connectivity index (χ3n) is 4.99. The minimum absolute atomic E-state index is 0.863. The largest absolute Gasteiger partial charge is 0.439 e. The van der Waals surface area contributed by atoms with Crippen molar-refractivity contribution in [1.82, 2.24) is 0 Å². The van der Waals surface area contributed by atoms with Gasteiger partial charge in [-0.25, -0.2) is 0 Å². The van der Waals surface area contributed by atoms with Crippen molar-refractivity contribution >= 4 is 22.7 Å². The molecular weight excluding hydrogens is 344 g/mol. The van der Waals surface area contributed by atoms with Gasteiger partial charge in [0, 0.05) is 18.7 Å². The predicted molar refractivity (Wildman–Crippen MR) is 116 cm³/mol. The highest BCUT2D eigenvalue weighted by atomic mass is 16.5. The molecule has 0 atom stereocenters. The van der Waals surface area contributed by atoms with Crippen LogP contribution in [0.15, 0.2) is 91.0 Å². The molecule has 1 aromatic heterocycles. The topological polar surface area (TPSA) is 16.4 Å². The van der Waals surface area contributed by atoms with E-state index in [0.29, 0.717) is 0 Å². The lowest BCUT2D eigenvalue weighted by molar-refractivity contribution is -0.667. The highest BCUT2D eigenvalue weighted by Crippen LogP contribution is 2.38. The van der Waals surface area contributed by atoms with Gasteiger partial charge in [-0.2, -0.15) is 4.57 Å². The average Bonchev–Trinajstić information content (AvgIpc) is 3.10. The molecule has 0 unspecified atom stereocenters. The molecule has 0 aliphatic carbocycles. The van der Waals surface area contributed by atoms with Gasteiger partial charge in [-0.1, -0.05) is 48.6 Å². The Labute approximate surface area is 166 Å². The van der Waals surface area contributed by atoms with E-state index in [1.165, 1.54) is 16.5 Å². The van der Waals surface area contributed by atoms with Crippen LogP contribution >= 0.6 is 0 Å². The zero-order chi connectivity index (χ0) is 19.3. The summed E-state index contributed by atoms with van der Waals surface area (Å²) in [5, 5.41) is 1.27. The number of pyridine rings is 1. The molecule has 0 N–H and O–H groups in total. The minimum atomic E-state index is 0.863. The van der Waals surface area contributed by atoms with E-state index in [1.807, 2.05) is 36.4 Å². The van der Waals surface area contributed by atoms with E-state index in [0.717, 1.165) is 30.4 Å². The second-order valence-electron chi connectivity index (χ2n) is 6.64. The number of nitrogens with zero attached hydrogens (tertiary/aromatic N) is 2. The number of fused-ring (bicyclic) bond motifs is 2. The van der Waals surface area contributed by atoms with Gasteiger partial charge in [0.05, 0.1) is 11.1 Å². The van der Waals surface area contributed by atoms with Crippen LogP contribution in [0.2, 0.25) is 0 Å². The van der Waals surface area contributed by atoms with E-state index in [-0.39, 0.29) is 0 Å². The van der Waals surface area contributed by atoms with E-state index in [4.69, 9.17) is 4.74 Å². The Balaban J connectivity index is 1.53. The monoisotopic (exact) mass is 369 g/mol. The quantitative estimate of drug-likeness (QED) is 0.437. The first-order chi connectivity index (χ1) is 13.8. The third-order valence-corrected chi connectivity index (χ3v) is 4.99. The van der Waals surface area contributed by atoms with Crippen LogP contribution in [0.3, 0.4) is 0 Å². The lowest BCUT2D eigenvalue weighted by atomic mass is 10.1. The molecule has 0 saturated carbocycles. The van der Waals surface area contributed by atoms with Crippen LogP contribution in [0.25, 0.3) is 17.0 Å². The van der Waals surface area contributed by atoms with Gasteiger partial charge < -0.3 is 9.64 Å². The number of allylic oxidation sites excluding steroid dienone is 4. The van der Waals surface area contributed by atoms with Crippen LogP contribution in [-0.4, -0.2) is 6.54 Å². The van der Waals surface area contributed by atoms with E-state index in [1.54, 1.807) is 0 Å². The Bertz CT molecular complexity index is 1080. The van der Waals surface area contributed by atoms with Crippen molar-refractivity contribution in [2.24, 2.45) is 0 Å². The molecular formula is C25H25N2O+. The number of hydrogen-bond acceptors (Lipinski definition) is 2. The van der Waals surface area contributed by atoms with Crippen LogP contribution < -0.4 is 14.2 Å². The van der Waals surface area contributed by atoms with Crippen LogP contribution in [0.4, 0.5) is 5.69 Å². The number of ether oxygens (including phenoxy) is 1. The molecule has 0 fully saturated rings. The van der Waals surface area contributed by atoms with Crippen LogP contribution in [0, 0.1) is 0 Å². The summed E-state index contributed by atoms with van der Waals surface area (Å²) in [5.41, 5.74) is 3.60. The molecule has 0 spiro atoms. The fourth-order valence-corrected chi connectivity index (χ4v) is 3.59. The Hall–Kier alpha value is -3.33. The number of anilines is 1. The molecule has 0 amide bonds. The Kier molecular flexibility index (Phi) is 5.24. The smallest absolute Gasteiger partial charge is 0.213 e. The summed E-state index contributed by atoms with van der Waals surface area (Å²) in [7, 11) is 0. The maximum Gasteiger partial charge on any atom is 0.213 e. The lowest BCUT2D eigenvalue weighted by Crippen LogP contribution is -2.32. The molecule has 0 bridgehead atoms. The lowest BCUT2D eigenvalue weighted by Gasteiger charge is -2.14. The highest BCUT2D eigenvalue weighted by Gasteiger charge is 2.23. The van der Waals surface area contributed by atoms with Gasteiger partial charge in [0.15, 0.2) is 11.9 Å². The van der Waals surface area contributed by atoms with Gasteiger partial charge >= 0.3 is 0 Å². The number of hydrogen-bond donors (Lipinski definition) is 0. The SMILES string of the molecule is CCN1/C(=C/C=C/C=C/c2cc[n+](CC)c3ccccc23)Oc2ccccc21. The summed E-state index contributed by atoms with van der Waals surface area (Å²) in [6.07, 6.45) is 12.5. The Morgan fingerprint density at radius 2 is 1.75 bits per heavy atom. The number of rotatable bonds is 5. The molecule has 3 aromatic rings. The van der Waals surface area contributed by atoms with E-state index in [2.05, 4.69) is 78.1 Å². The zero-order valence-electron chi connectivity index (χ0n) is 16.4. The van der Waals surface area contributed by atoms with Crippen molar-refractivity contribution in [1.29, 1.82) is 0 Å². The van der Waals surface area contributed by atoms with Crippen LogP contribution in [0.1, 0.15) is 19.4 Å². The van der Waals surface area contributed by atoms with Crippen molar-refractivity contribution in [3.63, 3.8) is 0 Å². The fraction of sp³-hybridized carbons (Fsp3) is 0.160. The van der Waals surface area contributed by atoms with Gasteiger partial charge in [0.1, 0.15) is 6.54 Å². The maximum atomic E-state index is 5.97. The van der Waals surface area contributed by atoms with E-state index < -0.39 is 0 Å². The molecule has 28 heavy (non-hydrogen) atoms. The first-order valence-electron chi connectivity index (χ1n) is 9.82. The summed E-state index contributed by atoms with van der Waals surface area (Å²) in [6.45, 7) is 6.14. The van der Waals surface area contributed by atoms with Crippen molar-refractivity contribution in [3.05, 3.63) is 96.5 Å². The molecule has 0 saturated heterocycles. The summed E-state index contributed by atoms with van der Waals surface area (Å²) in [4.78, 5) is 2.18. The molecule has 1 aliphatic heterocycles. The molecule has 0 radical (unpaired) electrons. The van der Waals surface area contributed by atoms with Gasteiger partial charge in [-0.05, 0) is 43.7 Å². The second kappa shape index (κ2) is 8.13. The average molecular weight is 369 g/mol. The summed E-state index contributed by atoms with van der Waals surface area (Å²) < 4.78 is 8.23. The molecule has 3 heteroatoms. The minimum Gasteiger partial charge on any atom is -0.439 e. The molecule has 2 aromatic carbocycles. The molecule has 2 heterocycles. The Morgan fingerprint density at radius 1 is 0.929 bits per heavy atom. The third kappa shape index (κ3) is 3.44. The van der Waals surface area contributed by atoms with Crippen molar-refractivity contribution < 1.29 is 9.30 Å². The fourth-order valence-electron chi connectivity index (χ4n) is 3.59. The number of para-hydroxylation sites is 3. The first-order valence-corrected chi connectivity index (χ1v) is 9.82. The zero-order valence-corrected chi connectivity index (χ0v) is 16.4. The van der Waals surface area contributed by atoms with E-state index in [9.17, 15) is 0 Å². The van der Waals surface area contributed by atoms with Crippen molar-refractivity contribution in [3.8, 4) is 5.75 Å². The molecule has 1 aliphatic rings. The van der Waals surface area contributed by atoms with Crippen molar-refractivity contribution in [2.45, 2.75) is 20.4 Å². The molecule has 140 valence electrons. The number of benzene rings is 2. The van der Waals surface area contributed by atoms with Crippen LogP contribution in [0.5, 0.6) is 5.75 Å². The van der Waals surface area contributed by atoms with Crippen molar-refractivity contribution in [2.75, 3.05) is 11.4 Å². The first kappa shape index (κ1) is 18.1. The number of aromatic nitrogens is 1. The standard InChI is InChI=1S/C25H25N2O/c1-3-26-19-18-20(21-13-8-9-14-22(21)26)12-6-5-7-17-25-27(4-2)23-15-10-11-16-24(23)28-25/h5-19H,3-4H2,1-2H3/q+1. The highest BCUT2D eigenvalue weighted by molar-refractivity contribution is 5.85. The van der Waals surface area contributed by atoms with Crippen LogP contribution in [-0.2, 0) is 6.54 Å². The normalized spacial score (nSPS) is 15.1. The predicted octanol–water partition coefficient (Wildman–Crippen LogP) is 5.48.